The number of aromatic nitrogens is 1. The predicted octanol–water partition coefficient (Wildman–Crippen LogP) is 2.32. The van der Waals surface area contributed by atoms with Crippen LogP contribution in [0.25, 0.3) is 0 Å². The molecule has 3 heterocycles. The number of nitrogens with zero attached hydrogens (tertiary/aromatic N) is 4. The van der Waals surface area contributed by atoms with Crippen LogP contribution in [0.5, 0.6) is 0 Å². The molecule has 2 atom stereocenters. The Morgan fingerprint density at radius 3 is 2.84 bits per heavy atom. The fourth-order valence-electron chi connectivity index (χ4n) is 4.11. The van der Waals surface area contributed by atoms with Gasteiger partial charge in [0.25, 0.3) is 5.56 Å². The number of nitroso groups, excluding NO2 is 1. The third-order valence-electron chi connectivity index (χ3n) is 5.19. The first-order valence-electron chi connectivity index (χ1n) is 8.22. The molecule has 0 amide bonds. The molecule has 7 heteroatoms. The summed E-state index contributed by atoms with van der Waals surface area (Å²) in [6.45, 7) is 2.09. The van der Waals surface area contributed by atoms with Crippen molar-refractivity contribution in [3.63, 3.8) is 0 Å². The zero-order chi connectivity index (χ0) is 17.6. The molecule has 1 aromatic heterocycles. The van der Waals surface area contributed by atoms with E-state index in [1.807, 2.05) is 16.7 Å². The van der Waals surface area contributed by atoms with Crippen molar-refractivity contribution < 1.29 is 0 Å². The standard InChI is InChI=1S/C18H17N5O2/c19-7-12-5-15(21-25)17(6-14(12)20)22-8-11-4-13(10-22)16-2-1-3-18(24)23(16)9-11/h1-3,5-6,11,13H,4,8-10,20H2. The van der Waals surface area contributed by atoms with E-state index in [1.54, 1.807) is 18.2 Å². The number of nitrogen functional groups attached to an aromatic ring is 1. The van der Waals surface area contributed by atoms with Crippen molar-refractivity contribution >= 4 is 17.1 Å². The van der Waals surface area contributed by atoms with Gasteiger partial charge >= 0.3 is 0 Å². The van der Waals surface area contributed by atoms with Gasteiger partial charge in [0.05, 0.1) is 16.9 Å². The molecule has 2 aliphatic rings. The SMILES string of the molecule is N#Cc1cc(N=O)c(N2CC3CC(C2)c2cccc(=O)n2C3)cc1N. The smallest absolute Gasteiger partial charge is 0.250 e. The van der Waals surface area contributed by atoms with E-state index in [-0.39, 0.29) is 22.7 Å². The molecule has 1 saturated heterocycles. The molecule has 2 bridgehead atoms. The van der Waals surface area contributed by atoms with Crippen LogP contribution < -0.4 is 16.2 Å². The van der Waals surface area contributed by atoms with Crippen molar-refractivity contribution in [3.8, 4) is 6.07 Å². The second kappa shape index (κ2) is 5.74. The van der Waals surface area contributed by atoms with Crippen molar-refractivity contribution in [3.05, 3.63) is 56.9 Å². The van der Waals surface area contributed by atoms with Gasteiger partial charge in [-0.15, -0.1) is 4.91 Å². The highest BCUT2D eigenvalue weighted by atomic mass is 16.3. The van der Waals surface area contributed by atoms with Gasteiger partial charge in [-0.2, -0.15) is 5.26 Å². The molecular weight excluding hydrogens is 318 g/mol. The second-order valence-corrected chi connectivity index (χ2v) is 6.73. The van der Waals surface area contributed by atoms with Gasteiger partial charge in [-0.3, -0.25) is 4.79 Å². The number of hydrogen-bond acceptors (Lipinski definition) is 6. The molecule has 0 spiro atoms. The second-order valence-electron chi connectivity index (χ2n) is 6.73. The normalized spacial score (nSPS) is 21.3. The van der Waals surface area contributed by atoms with Gasteiger partial charge in [0.2, 0.25) is 0 Å². The van der Waals surface area contributed by atoms with Crippen molar-refractivity contribution in [1.82, 2.24) is 4.57 Å². The Hall–Kier alpha value is -3.14. The quantitative estimate of drug-likeness (QED) is 0.670. The third-order valence-corrected chi connectivity index (χ3v) is 5.19. The van der Waals surface area contributed by atoms with E-state index in [1.165, 1.54) is 6.07 Å². The maximum atomic E-state index is 12.1. The van der Waals surface area contributed by atoms with Crippen molar-refractivity contribution in [2.45, 2.75) is 18.9 Å². The number of anilines is 2. The monoisotopic (exact) mass is 335 g/mol. The molecule has 0 radical (unpaired) electrons. The number of piperidine rings is 1. The number of nitrogens with two attached hydrogens (primary N) is 1. The molecule has 2 aliphatic heterocycles. The minimum Gasteiger partial charge on any atom is -0.398 e. The number of pyridine rings is 1. The molecule has 1 fully saturated rings. The molecule has 0 aliphatic carbocycles. The average molecular weight is 335 g/mol. The number of fused-ring (bicyclic) bond motifs is 4. The van der Waals surface area contributed by atoms with Gasteiger partial charge in [0, 0.05) is 37.3 Å². The summed E-state index contributed by atoms with van der Waals surface area (Å²) in [6.07, 6.45) is 1.02. The molecule has 7 nitrogen and oxygen atoms in total. The summed E-state index contributed by atoms with van der Waals surface area (Å²) < 4.78 is 1.86. The van der Waals surface area contributed by atoms with Gasteiger partial charge in [-0.05, 0) is 35.7 Å². The first-order valence-corrected chi connectivity index (χ1v) is 8.22. The zero-order valence-electron chi connectivity index (χ0n) is 13.6. The van der Waals surface area contributed by atoms with Crippen LogP contribution in [-0.4, -0.2) is 17.7 Å². The van der Waals surface area contributed by atoms with Crippen molar-refractivity contribution in [2.75, 3.05) is 23.7 Å². The number of nitriles is 1. The number of rotatable bonds is 2. The van der Waals surface area contributed by atoms with Gasteiger partial charge in [-0.25, -0.2) is 0 Å². The Labute approximate surface area is 144 Å². The lowest BCUT2D eigenvalue weighted by Crippen LogP contribution is -2.47. The Morgan fingerprint density at radius 2 is 2.08 bits per heavy atom. The van der Waals surface area contributed by atoms with Gasteiger partial charge in [0.1, 0.15) is 11.8 Å². The van der Waals surface area contributed by atoms with Crippen molar-refractivity contribution in [2.24, 2.45) is 11.1 Å². The highest BCUT2D eigenvalue weighted by Gasteiger charge is 2.35. The molecule has 126 valence electrons. The van der Waals surface area contributed by atoms with Crippen LogP contribution in [0.3, 0.4) is 0 Å². The third kappa shape index (κ3) is 2.47. The van der Waals surface area contributed by atoms with E-state index in [2.05, 4.69) is 10.1 Å². The van der Waals surface area contributed by atoms with Gasteiger partial charge in [0.15, 0.2) is 0 Å². The lowest BCUT2D eigenvalue weighted by atomic mass is 9.83. The van der Waals surface area contributed by atoms with E-state index in [0.29, 0.717) is 30.4 Å². The Balaban J connectivity index is 1.74. The molecule has 2 N–H and O–H groups in total. The fourth-order valence-corrected chi connectivity index (χ4v) is 4.11. The Morgan fingerprint density at radius 1 is 1.24 bits per heavy atom. The maximum absolute atomic E-state index is 12.1. The van der Waals surface area contributed by atoms with E-state index in [4.69, 9.17) is 11.0 Å². The fraction of sp³-hybridized carbons (Fsp3) is 0.333. The van der Waals surface area contributed by atoms with E-state index >= 15 is 0 Å². The van der Waals surface area contributed by atoms with Gasteiger partial charge < -0.3 is 15.2 Å². The summed E-state index contributed by atoms with van der Waals surface area (Å²) in [5, 5.41) is 12.2. The average Bonchev–Trinajstić information content (AvgIpc) is 2.62. The van der Waals surface area contributed by atoms with Crippen LogP contribution in [-0.2, 0) is 6.54 Å². The summed E-state index contributed by atoms with van der Waals surface area (Å²) in [7, 11) is 0. The van der Waals surface area contributed by atoms with Crippen LogP contribution in [0.4, 0.5) is 17.1 Å². The van der Waals surface area contributed by atoms with Gasteiger partial charge in [-0.1, -0.05) is 6.07 Å². The molecule has 4 rings (SSSR count). The summed E-state index contributed by atoms with van der Waals surface area (Å²) >= 11 is 0. The topological polar surface area (TPSA) is 104 Å². The summed E-state index contributed by atoms with van der Waals surface area (Å²) in [5.41, 5.74) is 8.51. The lowest BCUT2D eigenvalue weighted by Gasteiger charge is -2.44. The predicted molar refractivity (Wildman–Crippen MR) is 94.8 cm³/mol. The molecular formula is C18H17N5O2. The van der Waals surface area contributed by atoms with Crippen LogP contribution in [0.2, 0.25) is 0 Å². The highest BCUT2D eigenvalue weighted by molar-refractivity contribution is 5.76. The molecule has 1 aromatic carbocycles. The first-order chi connectivity index (χ1) is 12.1. The summed E-state index contributed by atoms with van der Waals surface area (Å²) in [6, 6.07) is 10.5. The Bertz CT molecular complexity index is 959. The number of hydrogen-bond donors (Lipinski definition) is 1. The maximum Gasteiger partial charge on any atom is 0.250 e. The first kappa shape index (κ1) is 15.4. The molecule has 0 saturated carbocycles. The molecule has 2 aromatic rings. The Kier molecular flexibility index (Phi) is 3.53. The summed E-state index contributed by atoms with van der Waals surface area (Å²) in [5.74, 6) is 0.542. The minimum atomic E-state index is 0.0403. The highest BCUT2D eigenvalue weighted by Crippen LogP contribution is 2.41. The van der Waals surface area contributed by atoms with Crippen LogP contribution in [0, 0.1) is 22.2 Å². The van der Waals surface area contributed by atoms with E-state index in [0.717, 1.165) is 18.7 Å². The van der Waals surface area contributed by atoms with Crippen LogP contribution >= 0.6 is 0 Å². The number of benzene rings is 1. The lowest BCUT2D eigenvalue weighted by molar-refractivity contribution is 0.281. The van der Waals surface area contributed by atoms with E-state index in [9.17, 15) is 9.70 Å². The van der Waals surface area contributed by atoms with Crippen molar-refractivity contribution in [1.29, 1.82) is 5.26 Å². The molecule has 2 unspecified atom stereocenters. The van der Waals surface area contributed by atoms with Crippen LogP contribution in [0.15, 0.2) is 40.3 Å². The largest absolute Gasteiger partial charge is 0.398 e. The molecule has 25 heavy (non-hydrogen) atoms. The minimum absolute atomic E-state index is 0.0403. The zero-order valence-corrected chi connectivity index (χ0v) is 13.6. The van der Waals surface area contributed by atoms with E-state index < -0.39 is 0 Å². The summed E-state index contributed by atoms with van der Waals surface area (Å²) in [4.78, 5) is 25.5. The van der Waals surface area contributed by atoms with Crippen LogP contribution in [0.1, 0.15) is 23.6 Å².